The molecule has 0 radical (unpaired) electrons. The minimum absolute atomic E-state index is 0. The molecule has 0 rings (SSSR count). The fourth-order valence-corrected chi connectivity index (χ4v) is 1.19. The summed E-state index contributed by atoms with van der Waals surface area (Å²) in [5, 5.41) is 88.9. The van der Waals surface area contributed by atoms with Gasteiger partial charge in [-0.05, 0) is 0 Å². The summed E-state index contributed by atoms with van der Waals surface area (Å²) in [5.41, 5.74) is 0. The van der Waals surface area contributed by atoms with Gasteiger partial charge in [-0.2, -0.15) is 0 Å². The van der Waals surface area contributed by atoms with E-state index in [-0.39, 0.29) is 48.7 Å². The van der Waals surface area contributed by atoms with Crippen LogP contribution in [0, 0.1) is 0 Å². The normalized spacial score (nSPS) is 15.7. The zero-order valence-corrected chi connectivity index (χ0v) is 16.8. The number of carbonyl (C=O) groups excluding carboxylic acids is 4. The summed E-state index contributed by atoms with van der Waals surface area (Å²) in [7, 11) is 0. The second-order valence-electron chi connectivity index (χ2n) is 4.67. The van der Waals surface area contributed by atoms with Gasteiger partial charge in [0.2, 0.25) is 11.6 Å². The van der Waals surface area contributed by atoms with Crippen molar-refractivity contribution in [3.8, 4) is 0 Å². The van der Waals surface area contributed by atoms with Gasteiger partial charge in [0.1, 0.15) is 48.6 Å². The molecule has 0 aliphatic heterocycles. The Hall–Kier alpha value is -0.860. The number of hydrogen-bond acceptors (Lipinski definition) is 14. The quantitative estimate of drug-likeness (QED) is 0.110. The second-order valence-corrected chi connectivity index (χ2v) is 4.67. The van der Waals surface area contributed by atoms with Gasteiger partial charge in [0.15, 0.2) is 0 Å². The van der Waals surface area contributed by atoms with Crippen molar-refractivity contribution < 1.29 is 81.2 Å². The van der Waals surface area contributed by atoms with E-state index < -0.39 is 73.3 Å². The van der Waals surface area contributed by atoms with Gasteiger partial charge >= 0.3 is 37.7 Å². The van der Waals surface area contributed by atoms with E-state index in [0.29, 0.717) is 0 Å². The fourth-order valence-electron chi connectivity index (χ4n) is 1.19. The molecule has 0 aromatic heterocycles. The topological polar surface area (TPSA) is 339 Å². The third-order valence-corrected chi connectivity index (χ3v) is 2.75. The number of aliphatic carboxylic acids is 2. The van der Waals surface area contributed by atoms with E-state index in [2.05, 4.69) is 0 Å². The predicted molar refractivity (Wildman–Crippen MR) is 83.2 cm³/mol. The van der Waals surface area contributed by atoms with E-state index in [0.717, 1.165) is 0 Å². The monoisotopic (exact) mass is 462 g/mol. The summed E-state index contributed by atoms with van der Waals surface area (Å²) in [6.45, 7) is -1.81. The zero-order valence-electron chi connectivity index (χ0n) is 14.6. The van der Waals surface area contributed by atoms with E-state index in [1.807, 2.05) is 0 Å². The Bertz CT molecular complexity index is 454. The van der Waals surface area contributed by atoms with Crippen LogP contribution in [0.25, 0.3) is 0 Å². The van der Waals surface area contributed by atoms with Crippen LogP contribution in [0.15, 0.2) is 0 Å². The standard InChI is InChI=1S/2C6H10O7.Ca.2H2O/c2*7-1-2(8)3(9)4(10)5(11)6(12)13;;;/h2*2-4,7-10H,1H2,(H,12,13);;2*1H2/q;;+2;;/p-2/t2*2-,3-,4+;;;/m11.../s1. The molecule has 0 aliphatic carbocycles. The molecule has 16 nitrogen and oxygen atoms in total. The smallest absolute Gasteiger partial charge is 0.542 e. The van der Waals surface area contributed by atoms with Crippen molar-refractivity contribution in [3.63, 3.8) is 0 Å². The molecule has 0 fully saturated rings. The van der Waals surface area contributed by atoms with E-state index in [1.54, 1.807) is 0 Å². The van der Waals surface area contributed by atoms with Crippen molar-refractivity contribution in [2.24, 2.45) is 0 Å². The number of aliphatic hydroxyl groups is 8. The van der Waals surface area contributed by atoms with E-state index in [4.69, 9.17) is 40.9 Å². The van der Waals surface area contributed by atoms with Crippen molar-refractivity contribution in [1.82, 2.24) is 0 Å². The van der Waals surface area contributed by atoms with Gasteiger partial charge in [-0.15, -0.1) is 0 Å². The Kier molecular flexibility index (Phi) is 25.5. The number of ketones is 2. The number of carboxylic acids is 2. The zero-order chi connectivity index (χ0) is 21.2. The van der Waals surface area contributed by atoms with Gasteiger partial charge in [0.25, 0.3) is 0 Å². The van der Waals surface area contributed by atoms with Crippen LogP contribution in [0.4, 0.5) is 0 Å². The summed E-state index contributed by atoms with van der Waals surface area (Å²) >= 11 is 0. The fraction of sp³-hybridized carbons (Fsp3) is 0.667. The first-order valence-electron chi connectivity index (χ1n) is 6.63. The summed E-state index contributed by atoms with van der Waals surface area (Å²) in [6.07, 6.45) is -12.2. The largest absolute Gasteiger partial charge is 2.00 e. The second kappa shape index (κ2) is 19.1. The molecular weight excluding hydrogens is 440 g/mol. The van der Waals surface area contributed by atoms with Crippen LogP contribution in [-0.2, 0) is 19.2 Å². The maximum Gasteiger partial charge on any atom is 2.00 e. The Labute approximate surface area is 191 Å². The first-order chi connectivity index (χ1) is 11.8. The van der Waals surface area contributed by atoms with Gasteiger partial charge < -0.3 is 71.6 Å². The first kappa shape index (κ1) is 38.7. The van der Waals surface area contributed by atoms with Crippen LogP contribution in [0.3, 0.4) is 0 Å². The van der Waals surface area contributed by atoms with Crippen LogP contribution in [0.2, 0.25) is 0 Å². The third-order valence-electron chi connectivity index (χ3n) is 2.75. The Morgan fingerprint density at radius 2 is 0.828 bits per heavy atom. The summed E-state index contributed by atoms with van der Waals surface area (Å²) in [6, 6.07) is 0. The number of hydrogen-bond donors (Lipinski definition) is 8. The van der Waals surface area contributed by atoms with Crippen molar-refractivity contribution in [3.05, 3.63) is 0 Å². The molecule has 0 aromatic carbocycles. The minimum Gasteiger partial charge on any atom is -0.542 e. The molecule has 0 saturated heterocycles. The van der Waals surface area contributed by atoms with E-state index in [9.17, 15) is 29.4 Å². The van der Waals surface area contributed by atoms with Crippen LogP contribution in [0.1, 0.15) is 0 Å². The molecule has 0 bridgehead atoms. The van der Waals surface area contributed by atoms with Gasteiger partial charge in [-0.3, -0.25) is 9.59 Å². The van der Waals surface area contributed by atoms with Crippen LogP contribution < -0.4 is 10.2 Å². The summed E-state index contributed by atoms with van der Waals surface area (Å²) in [5.74, 6) is -7.84. The van der Waals surface area contributed by atoms with Crippen molar-refractivity contribution in [1.29, 1.82) is 0 Å². The average Bonchev–Trinajstić information content (AvgIpc) is 2.62. The molecule has 0 heterocycles. The number of carbonyl (C=O) groups is 4. The molecule has 168 valence electrons. The van der Waals surface area contributed by atoms with Gasteiger partial charge in [-0.25, -0.2) is 0 Å². The SMILES string of the molecule is O.O.O=C([O-])C(=O)[C@@H](O)[C@H](O)[C@H](O)CO.O=C([O-])C(=O)[C@@H](O)[C@H](O)[C@H](O)CO.[Ca+2]. The predicted octanol–water partition coefficient (Wildman–Crippen LogP) is -11.3. The molecule has 0 unspecified atom stereocenters. The van der Waals surface area contributed by atoms with Crippen LogP contribution >= 0.6 is 0 Å². The van der Waals surface area contributed by atoms with Crippen molar-refractivity contribution in [2.75, 3.05) is 13.2 Å². The Morgan fingerprint density at radius 1 is 0.621 bits per heavy atom. The molecule has 0 spiro atoms. The Morgan fingerprint density at radius 3 is 0.966 bits per heavy atom. The van der Waals surface area contributed by atoms with Gasteiger partial charge in [0.05, 0.1) is 13.2 Å². The average molecular weight is 462 g/mol. The molecular formula is C12H22CaO16. The molecule has 0 saturated carbocycles. The summed E-state index contributed by atoms with van der Waals surface area (Å²) in [4.78, 5) is 40.6. The maximum absolute atomic E-state index is 10.4. The van der Waals surface area contributed by atoms with Gasteiger partial charge in [0, 0.05) is 0 Å². The molecule has 17 heteroatoms. The minimum atomic E-state index is -2.30. The van der Waals surface area contributed by atoms with Crippen molar-refractivity contribution in [2.45, 2.75) is 36.6 Å². The van der Waals surface area contributed by atoms with Crippen LogP contribution in [-0.4, -0.2) is 163 Å². The molecule has 0 aliphatic rings. The molecule has 6 atom stereocenters. The number of aliphatic hydroxyl groups excluding tert-OH is 8. The Balaban J connectivity index is -0.000000120. The number of Topliss-reactive ketones (excluding diaryl/α,β-unsaturated/α-hetero) is 2. The first-order valence-corrected chi connectivity index (χ1v) is 6.63. The number of rotatable bonds is 10. The third kappa shape index (κ3) is 13.9. The van der Waals surface area contributed by atoms with Crippen LogP contribution in [0.5, 0.6) is 0 Å². The molecule has 0 amide bonds. The van der Waals surface area contributed by atoms with E-state index in [1.165, 1.54) is 0 Å². The van der Waals surface area contributed by atoms with Crippen molar-refractivity contribution >= 4 is 61.2 Å². The number of carboxylic acid groups (broad SMARTS) is 2. The molecule has 0 aromatic rings. The van der Waals surface area contributed by atoms with Gasteiger partial charge in [-0.1, -0.05) is 0 Å². The van der Waals surface area contributed by atoms with E-state index >= 15 is 0 Å². The molecule has 29 heavy (non-hydrogen) atoms. The maximum atomic E-state index is 10.4. The summed E-state index contributed by atoms with van der Waals surface area (Å²) < 4.78 is 0. The molecule has 12 N–H and O–H groups in total.